The van der Waals surface area contributed by atoms with Crippen molar-refractivity contribution in [2.24, 2.45) is 29.1 Å². The van der Waals surface area contributed by atoms with Crippen LogP contribution >= 0.6 is 11.3 Å². The number of allylic oxidation sites excluding steroid dienone is 2. The van der Waals surface area contributed by atoms with Gasteiger partial charge in [0.25, 0.3) is 11.8 Å². The molecular weight excluding hydrogens is 522 g/mol. The van der Waals surface area contributed by atoms with Crippen molar-refractivity contribution in [1.82, 2.24) is 19.6 Å². The molecule has 1 N–H and O–H groups in total. The molecule has 40 heavy (non-hydrogen) atoms. The molecule has 8 nitrogen and oxygen atoms in total. The van der Waals surface area contributed by atoms with Gasteiger partial charge in [-0.1, -0.05) is 18.2 Å². The Morgan fingerprint density at radius 2 is 2.05 bits per heavy atom. The third-order valence-corrected chi connectivity index (χ3v) is 11.0. The average molecular weight is 556 g/mol. The number of aryl methyl sites for hydroxylation is 1. The SMILES string of the molecule is Cc1cn2cc(CNC(=O)[C@H]3CCCN(c4cccc5c4C(=O)N(C[C@@H]4C[C@@H]6C=C[C@@H]4C64CC4)C5=O)C3)nc2s1. The topological polar surface area (TPSA) is 87.0 Å². The molecule has 0 unspecified atom stereocenters. The summed E-state index contributed by atoms with van der Waals surface area (Å²) in [5.41, 5.74) is 3.08. The Kier molecular flexibility index (Phi) is 5.34. The van der Waals surface area contributed by atoms with Crippen molar-refractivity contribution in [1.29, 1.82) is 0 Å². The molecule has 1 spiro atoms. The first-order valence-electron chi connectivity index (χ1n) is 14.6. The van der Waals surface area contributed by atoms with Gasteiger partial charge in [-0.05, 0) is 74.3 Å². The van der Waals surface area contributed by atoms with E-state index in [2.05, 4.69) is 34.3 Å². The van der Waals surface area contributed by atoms with E-state index in [-0.39, 0.29) is 23.6 Å². The van der Waals surface area contributed by atoms with E-state index in [1.807, 2.05) is 28.9 Å². The van der Waals surface area contributed by atoms with Crippen LogP contribution in [0.2, 0.25) is 0 Å². The number of nitrogens with zero attached hydrogens (tertiary/aromatic N) is 4. The number of nitrogens with one attached hydrogen (secondary N) is 1. The fourth-order valence-corrected chi connectivity index (χ4v) is 8.92. The van der Waals surface area contributed by atoms with Crippen molar-refractivity contribution < 1.29 is 14.4 Å². The van der Waals surface area contributed by atoms with Crippen molar-refractivity contribution in [3.05, 3.63) is 64.4 Å². The Balaban J connectivity index is 0.963. The minimum Gasteiger partial charge on any atom is -0.370 e. The highest BCUT2D eigenvalue weighted by atomic mass is 32.1. The second-order valence-corrected chi connectivity index (χ2v) is 13.6. The molecule has 9 heteroatoms. The van der Waals surface area contributed by atoms with Gasteiger partial charge in [-0.25, -0.2) is 4.98 Å². The number of carbonyl (C=O) groups excluding carboxylic acids is 3. The van der Waals surface area contributed by atoms with E-state index in [0.29, 0.717) is 53.9 Å². The predicted octanol–water partition coefficient (Wildman–Crippen LogP) is 4.44. The number of fused-ring (bicyclic) bond motifs is 2. The highest BCUT2D eigenvalue weighted by Crippen LogP contribution is 2.70. The highest BCUT2D eigenvalue weighted by Gasteiger charge is 2.63. The van der Waals surface area contributed by atoms with Crippen molar-refractivity contribution in [3.8, 4) is 0 Å². The first-order valence-corrected chi connectivity index (χ1v) is 15.4. The Labute approximate surface area is 237 Å². The molecule has 0 radical (unpaired) electrons. The van der Waals surface area contributed by atoms with Crippen LogP contribution < -0.4 is 10.2 Å². The number of imidazole rings is 1. The molecule has 3 fully saturated rings. The zero-order valence-corrected chi connectivity index (χ0v) is 23.5. The standard InChI is InChI=1S/C31H33N5O3S/c1-18-14-35-17-22(33-30(35)40-18)13-32-27(37)19-4-3-11-34(15-19)25-6-2-5-23-26(25)29(39)36(28(23)38)16-20-12-21-7-8-24(20)31(21)9-10-31/h2,5-8,14,17,19-21,24H,3-4,9-13,15-16H2,1H3,(H,32,37)/t19-,20-,21-,24-/m0/s1. The second kappa shape index (κ2) is 8.77. The average Bonchev–Trinajstić information content (AvgIpc) is 3.10. The number of imide groups is 1. The molecule has 8 rings (SSSR count). The molecule has 2 bridgehead atoms. The molecule has 3 aliphatic carbocycles. The van der Waals surface area contributed by atoms with Gasteiger partial charge in [-0.2, -0.15) is 0 Å². The predicted molar refractivity (Wildman–Crippen MR) is 152 cm³/mol. The third-order valence-electron chi connectivity index (χ3n) is 10.1. The van der Waals surface area contributed by atoms with Crippen molar-refractivity contribution in [3.63, 3.8) is 0 Å². The molecule has 5 aliphatic rings. The number of piperidine rings is 1. The van der Waals surface area contributed by atoms with Gasteiger partial charge in [-0.3, -0.25) is 23.7 Å². The zero-order valence-electron chi connectivity index (χ0n) is 22.6. The summed E-state index contributed by atoms with van der Waals surface area (Å²) in [6.45, 7) is 4.25. The van der Waals surface area contributed by atoms with Gasteiger partial charge in [0.15, 0.2) is 4.96 Å². The van der Waals surface area contributed by atoms with Crippen LogP contribution in [0.5, 0.6) is 0 Å². The summed E-state index contributed by atoms with van der Waals surface area (Å²) in [5.74, 6) is 0.973. The molecule has 206 valence electrons. The van der Waals surface area contributed by atoms with E-state index in [0.717, 1.165) is 42.1 Å². The summed E-state index contributed by atoms with van der Waals surface area (Å²) in [6, 6.07) is 5.60. The maximum Gasteiger partial charge on any atom is 0.263 e. The fraction of sp³-hybridized carbons (Fsp3) is 0.484. The lowest BCUT2D eigenvalue weighted by Gasteiger charge is -2.34. The van der Waals surface area contributed by atoms with E-state index in [9.17, 15) is 14.4 Å². The van der Waals surface area contributed by atoms with Gasteiger partial charge >= 0.3 is 0 Å². The van der Waals surface area contributed by atoms with Crippen LogP contribution in [-0.2, 0) is 11.3 Å². The highest BCUT2D eigenvalue weighted by molar-refractivity contribution is 7.16. The molecular formula is C31H33N5O3S. The van der Waals surface area contributed by atoms with Crippen LogP contribution in [0.15, 0.2) is 42.7 Å². The summed E-state index contributed by atoms with van der Waals surface area (Å²) in [6.07, 6.45) is 14.0. The number of thiazole rings is 1. The molecule has 4 heterocycles. The first-order chi connectivity index (χ1) is 19.4. The number of carbonyl (C=O) groups is 3. The minimum absolute atomic E-state index is 0.00665. The Bertz CT molecular complexity index is 1570. The maximum absolute atomic E-state index is 13.8. The molecule has 1 saturated heterocycles. The van der Waals surface area contributed by atoms with Crippen LogP contribution in [0.4, 0.5) is 5.69 Å². The number of hydrogen-bond donors (Lipinski definition) is 1. The first kappa shape index (κ1) is 24.3. The van der Waals surface area contributed by atoms with Crippen LogP contribution in [0, 0.1) is 36.0 Å². The van der Waals surface area contributed by atoms with Gasteiger partial charge in [0.05, 0.1) is 35.0 Å². The summed E-state index contributed by atoms with van der Waals surface area (Å²) in [4.78, 5) is 50.8. The number of anilines is 1. The molecule has 3 amide bonds. The zero-order chi connectivity index (χ0) is 27.2. The number of aromatic nitrogens is 2. The Morgan fingerprint density at radius 3 is 2.85 bits per heavy atom. The maximum atomic E-state index is 13.8. The fourth-order valence-electron chi connectivity index (χ4n) is 8.09. The number of hydrogen-bond acceptors (Lipinski definition) is 6. The van der Waals surface area contributed by atoms with Gasteiger partial charge in [0.2, 0.25) is 5.91 Å². The largest absolute Gasteiger partial charge is 0.370 e. The van der Waals surface area contributed by atoms with Crippen LogP contribution in [-0.4, -0.2) is 51.6 Å². The summed E-state index contributed by atoms with van der Waals surface area (Å²) in [7, 11) is 0. The minimum atomic E-state index is -0.186. The normalized spacial score (nSPS) is 27.8. The molecule has 1 aromatic carbocycles. The quantitative estimate of drug-likeness (QED) is 0.359. The third kappa shape index (κ3) is 3.62. The smallest absolute Gasteiger partial charge is 0.263 e. The van der Waals surface area contributed by atoms with Crippen molar-refractivity contribution in [2.75, 3.05) is 24.5 Å². The summed E-state index contributed by atoms with van der Waals surface area (Å²) in [5, 5.41) is 3.07. The van der Waals surface area contributed by atoms with Gasteiger partial charge in [0.1, 0.15) is 0 Å². The molecule has 4 atom stereocenters. The second-order valence-electron chi connectivity index (χ2n) is 12.4. The van der Waals surface area contributed by atoms with E-state index in [4.69, 9.17) is 0 Å². The number of benzene rings is 1. The Morgan fingerprint density at radius 1 is 1.18 bits per heavy atom. The van der Waals surface area contributed by atoms with Crippen LogP contribution in [0.1, 0.15) is 63.4 Å². The molecule has 2 aliphatic heterocycles. The van der Waals surface area contributed by atoms with Gasteiger partial charge < -0.3 is 10.2 Å². The van der Waals surface area contributed by atoms with E-state index < -0.39 is 0 Å². The van der Waals surface area contributed by atoms with Gasteiger partial charge in [0, 0.05) is 36.9 Å². The van der Waals surface area contributed by atoms with Crippen molar-refractivity contribution >= 4 is 39.7 Å². The number of amides is 3. The molecule has 2 aromatic heterocycles. The lowest BCUT2D eigenvalue weighted by molar-refractivity contribution is -0.125. The lowest BCUT2D eigenvalue weighted by Crippen LogP contribution is -2.43. The lowest BCUT2D eigenvalue weighted by atomic mass is 9.88. The Hall–Kier alpha value is -3.46. The van der Waals surface area contributed by atoms with Crippen LogP contribution in [0.25, 0.3) is 4.96 Å². The van der Waals surface area contributed by atoms with E-state index in [1.54, 1.807) is 17.4 Å². The summed E-state index contributed by atoms with van der Waals surface area (Å²) >= 11 is 1.63. The van der Waals surface area contributed by atoms with Gasteiger partial charge in [-0.15, -0.1) is 11.3 Å². The monoisotopic (exact) mass is 555 g/mol. The van der Waals surface area contributed by atoms with Crippen molar-refractivity contribution in [2.45, 2.75) is 45.6 Å². The summed E-state index contributed by atoms with van der Waals surface area (Å²) < 4.78 is 2.00. The molecule has 2 saturated carbocycles. The van der Waals surface area contributed by atoms with E-state index >= 15 is 0 Å². The number of rotatable bonds is 6. The van der Waals surface area contributed by atoms with E-state index in [1.165, 1.54) is 22.6 Å². The van der Waals surface area contributed by atoms with Crippen LogP contribution in [0.3, 0.4) is 0 Å². The molecule has 3 aromatic rings.